The molecular weight excluding hydrogens is 482 g/mol. The summed E-state index contributed by atoms with van der Waals surface area (Å²) in [5, 5.41) is 9.88. The predicted octanol–water partition coefficient (Wildman–Crippen LogP) is 3.02. The van der Waals surface area contributed by atoms with Crippen molar-refractivity contribution < 1.29 is 24.2 Å². The Labute approximate surface area is 225 Å². The van der Waals surface area contributed by atoms with Crippen LogP contribution in [0, 0.1) is 17.8 Å². The first-order valence-corrected chi connectivity index (χ1v) is 13.7. The number of hydrogen-bond donors (Lipinski definition) is 1. The molecule has 1 aromatic rings. The highest BCUT2D eigenvalue weighted by atomic mass is 16.5. The fraction of sp³-hybridized carbons (Fsp3) is 0.567. The third kappa shape index (κ3) is 4.28. The lowest BCUT2D eigenvalue weighted by molar-refractivity contribution is -0.152. The SMILES string of the molecule is C=CCN(CCCC)C(=O)C1N(CCO)C(=O)[C@@H]2[C@H](C(=O)N(CC=C)c3ccccc3)[C@@]3(C)OC12CC3C. The van der Waals surface area contributed by atoms with E-state index in [2.05, 4.69) is 20.1 Å². The number of ether oxygens (including phenoxy) is 1. The third-order valence-corrected chi connectivity index (χ3v) is 8.74. The summed E-state index contributed by atoms with van der Waals surface area (Å²) in [5.41, 5.74) is -1.34. The Kier molecular flexibility index (Phi) is 8.14. The molecule has 206 valence electrons. The molecule has 3 saturated heterocycles. The van der Waals surface area contributed by atoms with Gasteiger partial charge in [0.2, 0.25) is 17.7 Å². The molecule has 3 fully saturated rings. The number of carbonyl (C=O) groups is 3. The number of benzene rings is 1. The number of para-hydroxylation sites is 1. The molecule has 1 N–H and O–H groups in total. The van der Waals surface area contributed by atoms with Crippen molar-refractivity contribution in [3.05, 3.63) is 55.6 Å². The maximum atomic E-state index is 14.3. The molecular formula is C30H41N3O5. The Balaban J connectivity index is 1.80. The largest absolute Gasteiger partial charge is 0.395 e. The molecule has 3 aliphatic rings. The van der Waals surface area contributed by atoms with Crippen LogP contribution in [0.2, 0.25) is 0 Å². The van der Waals surface area contributed by atoms with Crippen molar-refractivity contribution in [2.75, 3.05) is 37.7 Å². The van der Waals surface area contributed by atoms with Crippen LogP contribution in [-0.2, 0) is 19.1 Å². The number of carbonyl (C=O) groups excluding carboxylic acids is 3. The van der Waals surface area contributed by atoms with E-state index in [9.17, 15) is 19.5 Å². The molecule has 8 heteroatoms. The highest BCUT2D eigenvalue weighted by molar-refractivity contribution is 6.03. The van der Waals surface area contributed by atoms with Crippen LogP contribution in [0.5, 0.6) is 0 Å². The first-order chi connectivity index (χ1) is 18.2. The lowest BCUT2D eigenvalue weighted by Gasteiger charge is -2.39. The Morgan fingerprint density at radius 1 is 1.18 bits per heavy atom. The fourth-order valence-electron chi connectivity index (χ4n) is 6.94. The Hall–Kier alpha value is -2.97. The van der Waals surface area contributed by atoms with Crippen LogP contribution in [-0.4, -0.2) is 82.7 Å². The summed E-state index contributed by atoms with van der Waals surface area (Å²) in [6.07, 6.45) is 5.58. The molecule has 3 aliphatic heterocycles. The second-order valence-electron chi connectivity index (χ2n) is 11.0. The lowest BCUT2D eigenvalue weighted by Crippen LogP contribution is -2.57. The molecule has 3 unspecified atom stereocenters. The molecule has 2 bridgehead atoms. The number of anilines is 1. The average molecular weight is 524 g/mol. The number of aliphatic hydroxyl groups is 1. The predicted molar refractivity (Wildman–Crippen MR) is 146 cm³/mol. The first kappa shape index (κ1) is 28.0. The van der Waals surface area contributed by atoms with Crippen LogP contribution in [0.25, 0.3) is 0 Å². The molecule has 6 atom stereocenters. The summed E-state index contributed by atoms with van der Waals surface area (Å²) < 4.78 is 6.80. The summed E-state index contributed by atoms with van der Waals surface area (Å²) in [4.78, 5) is 47.5. The van der Waals surface area contributed by atoms with Gasteiger partial charge in [-0.2, -0.15) is 0 Å². The molecule has 4 rings (SSSR count). The van der Waals surface area contributed by atoms with E-state index in [0.29, 0.717) is 25.2 Å². The van der Waals surface area contributed by atoms with Crippen molar-refractivity contribution in [1.29, 1.82) is 0 Å². The van der Waals surface area contributed by atoms with Gasteiger partial charge in [-0.05, 0) is 37.8 Å². The monoisotopic (exact) mass is 523 g/mol. The highest BCUT2D eigenvalue weighted by Gasteiger charge is 2.80. The van der Waals surface area contributed by atoms with E-state index in [1.165, 1.54) is 4.90 Å². The van der Waals surface area contributed by atoms with Gasteiger partial charge in [0.05, 0.1) is 24.0 Å². The van der Waals surface area contributed by atoms with Gasteiger partial charge in [0.1, 0.15) is 11.6 Å². The van der Waals surface area contributed by atoms with Crippen molar-refractivity contribution in [3.63, 3.8) is 0 Å². The van der Waals surface area contributed by atoms with Gasteiger partial charge in [0, 0.05) is 31.9 Å². The van der Waals surface area contributed by atoms with Gasteiger partial charge in [-0.3, -0.25) is 14.4 Å². The molecule has 1 aromatic carbocycles. The molecule has 8 nitrogen and oxygen atoms in total. The topological polar surface area (TPSA) is 90.4 Å². The minimum atomic E-state index is -1.14. The van der Waals surface area contributed by atoms with Gasteiger partial charge >= 0.3 is 0 Å². The second-order valence-corrected chi connectivity index (χ2v) is 11.0. The van der Waals surface area contributed by atoms with Crippen LogP contribution < -0.4 is 4.90 Å². The van der Waals surface area contributed by atoms with Crippen molar-refractivity contribution in [2.24, 2.45) is 17.8 Å². The minimum Gasteiger partial charge on any atom is -0.395 e. The Morgan fingerprint density at radius 2 is 1.87 bits per heavy atom. The minimum absolute atomic E-state index is 0.00756. The van der Waals surface area contributed by atoms with Crippen molar-refractivity contribution in [3.8, 4) is 0 Å². The number of rotatable bonds is 12. The van der Waals surface area contributed by atoms with Gasteiger partial charge in [0.25, 0.3) is 0 Å². The number of amides is 3. The number of likely N-dealkylation sites (tertiary alicyclic amines) is 1. The fourth-order valence-corrected chi connectivity index (χ4v) is 6.94. The van der Waals surface area contributed by atoms with Crippen LogP contribution in [0.3, 0.4) is 0 Å². The van der Waals surface area contributed by atoms with E-state index in [4.69, 9.17) is 4.74 Å². The summed E-state index contributed by atoms with van der Waals surface area (Å²) in [6, 6.07) is 8.43. The smallest absolute Gasteiger partial charge is 0.248 e. The van der Waals surface area contributed by atoms with Crippen LogP contribution >= 0.6 is 0 Å². The zero-order valence-corrected chi connectivity index (χ0v) is 22.8. The summed E-state index contributed by atoms with van der Waals surface area (Å²) in [6.45, 7) is 14.6. The zero-order valence-electron chi connectivity index (χ0n) is 22.8. The van der Waals surface area contributed by atoms with E-state index in [-0.39, 0.29) is 43.3 Å². The second kappa shape index (κ2) is 11.0. The number of nitrogens with zero attached hydrogens (tertiary/aromatic N) is 3. The number of unbranched alkanes of at least 4 members (excludes halogenated alkanes) is 1. The third-order valence-electron chi connectivity index (χ3n) is 8.74. The van der Waals surface area contributed by atoms with E-state index >= 15 is 0 Å². The molecule has 3 amide bonds. The molecule has 0 aromatic heterocycles. The first-order valence-electron chi connectivity index (χ1n) is 13.7. The van der Waals surface area contributed by atoms with E-state index < -0.39 is 29.1 Å². The van der Waals surface area contributed by atoms with Crippen LogP contribution in [0.4, 0.5) is 5.69 Å². The number of β-amino-alcohol motifs (C(OH)–C–C–N with tert-alkyl or cyclic N) is 1. The molecule has 38 heavy (non-hydrogen) atoms. The molecule has 3 heterocycles. The number of aliphatic hydroxyl groups excluding tert-OH is 1. The Morgan fingerprint density at radius 3 is 2.47 bits per heavy atom. The van der Waals surface area contributed by atoms with Crippen LogP contribution in [0.1, 0.15) is 40.0 Å². The maximum Gasteiger partial charge on any atom is 0.248 e. The molecule has 0 aliphatic carbocycles. The highest BCUT2D eigenvalue weighted by Crippen LogP contribution is 2.65. The number of fused-ring (bicyclic) bond motifs is 1. The molecule has 0 radical (unpaired) electrons. The van der Waals surface area contributed by atoms with E-state index in [1.807, 2.05) is 44.2 Å². The van der Waals surface area contributed by atoms with E-state index in [0.717, 1.165) is 12.8 Å². The van der Waals surface area contributed by atoms with Crippen LogP contribution in [0.15, 0.2) is 55.6 Å². The van der Waals surface area contributed by atoms with Gasteiger partial charge in [-0.15, -0.1) is 13.2 Å². The van der Waals surface area contributed by atoms with Gasteiger partial charge in [-0.1, -0.05) is 50.6 Å². The lowest BCUT2D eigenvalue weighted by atomic mass is 9.62. The molecule has 0 saturated carbocycles. The molecule has 1 spiro atoms. The van der Waals surface area contributed by atoms with Crippen molar-refractivity contribution >= 4 is 23.4 Å². The van der Waals surface area contributed by atoms with Gasteiger partial charge in [0.15, 0.2) is 0 Å². The summed E-state index contributed by atoms with van der Waals surface area (Å²) in [5.74, 6) is -2.37. The van der Waals surface area contributed by atoms with Crippen molar-refractivity contribution in [2.45, 2.75) is 57.3 Å². The van der Waals surface area contributed by atoms with E-state index in [1.54, 1.807) is 22.0 Å². The Bertz CT molecular complexity index is 1080. The van der Waals surface area contributed by atoms with Gasteiger partial charge < -0.3 is 24.5 Å². The quantitative estimate of drug-likeness (QED) is 0.426. The maximum absolute atomic E-state index is 14.3. The standard InChI is InChI=1S/C30H41N3O5/c1-6-9-17-31(15-7-2)28(37)25-30-20-21(4)29(5,38-30)23(24(30)27(36)33(25)18-19-34)26(35)32(16-8-3)22-13-11-10-12-14-22/h7-8,10-14,21,23-25,34H,2-3,6,9,15-20H2,1,4-5H3/t21?,23-,24+,25?,29+,30?/m1/s1. The number of hydrogen-bond acceptors (Lipinski definition) is 5. The normalized spacial score (nSPS) is 31.3. The summed E-state index contributed by atoms with van der Waals surface area (Å²) >= 11 is 0. The zero-order chi connectivity index (χ0) is 27.7. The average Bonchev–Trinajstić information content (AvgIpc) is 3.42. The van der Waals surface area contributed by atoms with Crippen molar-refractivity contribution in [1.82, 2.24) is 9.80 Å². The summed E-state index contributed by atoms with van der Waals surface area (Å²) in [7, 11) is 0. The van der Waals surface area contributed by atoms with Gasteiger partial charge in [-0.25, -0.2) is 0 Å².